The van der Waals surface area contributed by atoms with E-state index in [4.69, 9.17) is 5.11 Å². The molecule has 0 spiro atoms. The van der Waals surface area contributed by atoms with Gasteiger partial charge in [0.05, 0.1) is 6.20 Å². The number of carbonyl (C=O) groups is 1. The summed E-state index contributed by atoms with van der Waals surface area (Å²) < 4.78 is 0. The molecule has 1 saturated heterocycles. The molecule has 0 bridgehead atoms. The lowest BCUT2D eigenvalue weighted by molar-refractivity contribution is 0.0696. The van der Waals surface area contributed by atoms with E-state index in [0.717, 1.165) is 19.5 Å². The van der Waals surface area contributed by atoms with Crippen LogP contribution in [-0.4, -0.2) is 34.4 Å². The molecule has 1 aliphatic heterocycles. The Morgan fingerprint density at radius 2 is 2.24 bits per heavy atom. The van der Waals surface area contributed by atoms with Gasteiger partial charge < -0.3 is 10.0 Å². The van der Waals surface area contributed by atoms with Crippen molar-refractivity contribution in [3.63, 3.8) is 0 Å². The molecule has 0 saturated carbocycles. The van der Waals surface area contributed by atoms with Gasteiger partial charge in [-0.3, -0.25) is 0 Å². The fourth-order valence-corrected chi connectivity index (χ4v) is 2.18. The standard InChI is InChI=1S/C12H17N3O2/c1-8-4-6-15(7-9(8)2)11-10(12(16)17)3-5-13-14-11/h3,5,8-9H,4,6-7H2,1-2H3,(H,16,17). The van der Waals surface area contributed by atoms with E-state index in [0.29, 0.717) is 17.7 Å². The Morgan fingerprint density at radius 3 is 2.88 bits per heavy atom. The van der Waals surface area contributed by atoms with Crippen LogP contribution >= 0.6 is 0 Å². The number of piperidine rings is 1. The largest absolute Gasteiger partial charge is 0.478 e. The number of carboxylic acid groups (broad SMARTS) is 1. The van der Waals surface area contributed by atoms with Crippen molar-refractivity contribution in [2.45, 2.75) is 20.3 Å². The monoisotopic (exact) mass is 235 g/mol. The van der Waals surface area contributed by atoms with E-state index in [9.17, 15) is 4.79 Å². The van der Waals surface area contributed by atoms with E-state index >= 15 is 0 Å². The normalized spacial score (nSPS) is 24.7. The second-order valence-corrected chi connectivity index (χ2v) is 4.76. The van der Waals surface area contributed by atoms with Crippen molar-refractivity contribution in [1.82, 2.24) is 10.2 Å². The highest BCUT2D eigenvalue weighted by atomic mass is 16.4. The number of rotatable bonds is 2. The van der Waals surface area contributed by atoms with Gasteiger partial charge in [-0.2, -0.15) is 5.10 Å². The predicted octanol–water partition coefficient (Wildman–Crippen LogP) is 1.66. The van der Waals surface area contributed by atoms with Crippen LogP contribution in [0.3, 0.4) is 0 Å². The molecule has 0 aliphatic carbocycles. The van der Waals surface area contributed by atoms with Gasteiger partial charge in [-0.15, -0.1) is 5.10 Å². The number of hydrogen-bond donors (Lipinski definition) is 1. The maximum atomic E-state index is 11.1. The first-order chi connectivity index (χ1) is 8.09. The Hall–Kier alpha value is -1.65. The SMILES string of the molecule is CC1CCN(c2nnccc2C(=O)O)CC1C. The number of anilines is 1. The first-order valence-electron chi connectivity index (χ1n) is 5.89. The molecule has 0 radical (unpaired) electrons. The summed E-state index contributed by atoms with van der Waals surface area (Å²) in [7, 11) is 0. The minimum atomic E-state index is -0.943. The van der Waals surface area contributed by atoms with E-state index < -0.39 is 5.97 Å². The predicted molar refractivity (Wildman–Crippen MR) is 64.1 cm³/mol. The molecule has 5 nitrogen and oxygen atoms in total. The zero-order chi connectivity index (χ0) is 12.4. The topological polar surface area (TPSA) is 66.3 Å². The number of hydrogen-bond acceptors (Lipinski definition) is 4. The lowest BCUT2D eigenvalue weighted by Crippen LogP contribution is -2.39. The van der Waals surface area contributed by atoms with Gasteiger partial charge >= 0.3 is 5.97 Å². The van der Waals surface area contributed by atoms with Crippen LogP contribution in [0.15, 0.2) is 12.3 Å². The fourth-order valence-electron chi connectivity index (χ4n) is 2.18. The van der Waals surface area contributed by atoms with Crippen molar-refractivity contribution < 1.29 is 9.90 Å². The summed E-state index contributed by atoms with van der Waals surface area (Å²) in [6.45, 7) is 6.12. The van der Waals surface area contributed by atoms with Crippen molar-refractivity contribution in [3.8, 4) is 0 Å². The summed E-state index contributed by atoms with van der Waals surface area (Å²) in [6, 6.07) is 1.51. The lowest BCUT2D eigenvalue weighted by atomic mass is 9.88. The average molecular weight is 235 g/mol. The molecule has 1 aliphatic rings. The highest BCUT2D eigenvalue weighted by Crippen LogP contribution is 2.27. The molecule has 0 aromatic carbocycles. The van der Waals surface area contributed by atoms with Crippen LogP contribution in [0.2, 0.25) is 0 Å². The van der Waals surface area contributed by atoms with Gasteiger partial charge in [-0.25, -0.2) is 4.79 Å². The Labute approximate surface area is 100 Å². The smallest absolute Gasteiger partial charge is 0.339 e. The van der Waals surface area contributed by atoms with Gasteiger partial charge in [0.25, 0.3) is 0 Å². The van der Waals surface area contributed by atoms with Gasteiger partial charge in [0.1, 0.15) is 5.56 Å². The highest BCUT2D eigenvalue weighted by Gasteiger charge is 2.26. The molecule has 2 atom stereocenters. The van der Waals surface area contributed by atoms with Crippen molar-refractivity contribution in [2.75, 3.05) is 18.0 Å². The molecule has 17 heavy (non-hydrogen) atoms. The average Bonchev–Trinajstić information content (AvgIpc) is 2.32. The Morgan fingerprint density at radius 1 is 1.47 bits per heavy atom. The maximum absolute atomic E-state index is 11.1. The number of aromatic carboxylic acids is 1. The van der Waals surface area contributed by atoms with E-state index in [1.165, 1.54) is 12.3 Å². The van der Waals surface area contributed by atoms with Crippen LogP contribution in [0.4, 0.5) is 5.82 Å². The van der Waals surface area contributed by atoms with Crippen LogP contribution in [-0.2, 0) is 0 Å². The van der Waals surface area contributed by atoms with Gasteiger partial charge in [-0.1, -0.05) is 13.8 Å². The first-order valence-corrected chi connectivity index (χ1v) is 5.89. The molecule has 1 fully saturated rings. The first kappa shape index (κ1) is 11.8. The second-order valence-electron chi connectivity index (χ2n) is 4.76. The molecule has 2 heterocycles. The molecule has 92 valence electrons. The zero-order valence-corrected chi connectivity index (χ0v) is 10.1. The van der Waals surface area contributed by atoms with Gasteiger partial charge in [-0.05, 0) is 24.3 Å². The van der Waals surface area contributed by atoms with Gasteiger partial charge in [0.2, 0.25) is 0 Å². The summed E-state index contributed by atoms with van der Waals surface area (Å²) >= 11 is 0. The summed E-state index contributed by atoms with van der Waals surface area (Å²) in [5.41, 5.74) is 0.238. The molecule has 2 rings (SSSR count). The summed E-state index contributed by atoms with van der Waals surface area (Å²) in [5, 5.41) is 16.9. The quantitative estimate of drug-likeness (QED) is 0.844. The van der Waals surface area contributed by atoms with Crippen molar-refractivity contribution >= 4 is 11.8 Å². The van der Waals surface area contributed by atoms with E-state index in [1.54, 1.807) is 0 Å². The molecular weight excluding hydrogens is 218 g/mol. The van der Waals surface area contributed by atoms with E-state index in [2.05, 4.69) is 24.0 Å². The second kappa shape index (κ2) is 4.69. The van der Waals surface area contributed by atoms with Crippen LogP contribution in [0.5, 0.6) is 0 Å². The Balaban J connectivity index is 2.25. The lowest BCUT2D eigenvalue weighted by Gasteiger charge is -2.36. The fraction of sp³-hybridized carbons (Fsp3) is 0.583. The van der Waals surface area contributed by atoms with Crippen molar-refractivity contribution in [2.24, 2.45) is 11.8 Å². The van der Waals surface area contributed by atoms with Crippen molar-refractivity contribution in [3.05, 3.63) is 17.8 Å². The molecule has 5 heteroatoms. The summed E-state index contributed by atoms with van der Waals surface area (Å²) in [4.78, 5) is 13.1. The van der Waals surface area contributed by atoms with Crippen LogP contribution in [0.25, 0.3) is 0 Å². The third-order valence-corrected chi connectivity index (χ3v) is 3.57. The number of carboxylic acids is 1. The molecule has 1 aromatic heterocycles. The maximum Gasteiger partial charge on any atom is 0.339 e. The molecule has 1 N–H and O–H groups in total. The minimum Gasteiger partial charge on any atom is -0.478 e. The van der Waals surface area contributed by atoms with Crippen LogP contribution < -0.4 is 4.90 Å². The number of aromatic nitrogens is 2. The van der Waals surface area contributed by atoms with Crippen LogP contribution in [0, 0.1) is 11.8 Å². The van der Waals surface area contributed by atoms with Gasteiger partial charge in [0, 0.05) is 13.1 Å². The van der Waals surface area contributed by atoms with Crippen molar-refractivity contribution in [1.29, 1.82) is 0 Å². The minimum absolute atomic E-state index is 0.238. The summed E-state index contributed by atoms with van der Waals surface area (Å²) in [5.74, 6) is 0.781. The molecular formula is C12H17N3O2. The molecule has 2 unspecified atom stereocenters. The van der Waals surface area contributed by atoms with Crippen LogP contribution in [0.1, 0.15) is 30.6 Å². The Bertz CT molecular complexity index is 422. The van der Waals surface area contributed by atoms with Gasteiger partial charge in [0.15, 0.2) is 5.82 Å². The molecule has 0 amide bonds. The zero-order valence-electron chi connectivity index (χ0n) is 10.1. The highest BCUT2D eigenvalue weighted by molar-refractivity contribution is 5.93. The number of nitrogens with zero attached hydrogens (tertiary/aromatic N) is 3. The third kappa shape index (κ3) is 2.38. The van der Waals surface area contributed by atoms with E-state index in [1.807, 2.05) is 4.90 Å². The third-order valence-electron chi connectivity index (χ3n) is 3.57. The van der Waals surface area contributed by atoms with E-state index in [-0.39, 0.29) is 5.56 Å². The Kier molecular flexibility index (Phi) is 3.26. The summed E-state index contributed by atoms with van der Waals surface area (Å²) in [6.07, 6.45) is 2.49. The molecule has 1 aromatic rings.